The molecule has 5 nitrogen and oxygen atoms in total. The predicted octanol–water partition coefficient (Wildman–Crippen LogP) is 2.65. The third-order valence-corrected chi connectivity index (χ3v) is 3.08. The van der Waals surface area contributed by atoms with Gasteiger partial charge in [0.15, 0.2) is 0 Å². The van der Waals surface area contributed by atoms with E-state index in [9.17, 15) is 4.79 Å². The molecule has 104 valence electrons. The molecule has 1 aromatic heterocycles. The average Bonchev–Trinajstić information content (AvgIpc) is 2.38. The summed E-state index contributed by atoms with van der Waals surface area (Å²) in [7, 11) is 1.83. The number of pyridine rings is 1. The van der Waals surface area contributed by atoms with Gasteiger partial charge in [0.25, 0.3) is 0 Å². The third kappa shape index (κ3) is 3.19. The van der Waals surface area contributed by atoms with Crippen LogP contribution in [0, 0.1) is 0 Å². The van der Waals surface area contributed by atoms with Gasteiger partial charge in [0, 0.05) is 13.6 Å². The van der Waals surface area contributed by atoms with Gasteiger partial charge in [0.05, 0.1) is 22.5 Å². The molecule has 6 heteroatoms. The van der Waals surface area contributed by atoms with Crippen LogP contribution >= 0.6 is 11.6 Å². The van der Waals surface area contributed by atoms with Gasteiger partial charge in [-0.25, -0.2) is 9.78 Å². The van der Waals surface area contributed by atoms with Crippen molar-refractivity contribution in [2.45, 2.75) is 6.54 Å². The van der Waals surface area contributed by atoms with Gasteiger partial charge in [-0.3, -0.25) is 0 Å². The zero-order valence-corrected chi connectivity index (χ0v) is 11.6. The summed E-state index contributed by atoms with van der Waals surface area (Å²) in [6.07, 6.45) is 1.53. The Morgan fingerprint density at radius 3 is 2.85 bits per heavy atom. The van der Waals surface area contributed by atoms with Gasteiger partial charge in [-0.1, -0.05) is 23.7 Å². The summed E-state index contributed by atoms with van der Waals surface area (Å²) >= 11 is 6.09. The first-order chi connectivity index (χ1) is 9.47. The highest BCUT2D eigenvalue weighted by Gasteiger charge is 2.10. The number of nitrogens with zero attached hydrogens (tertiary/aromatic N) is 2. The normalized spacial score (nSPS) is 10.3. The van der Waals surface area contributed by atoms with E-state index in [2.05, 4.69) is 4.98 Å². The molecular weight excluding hydrogens is 278 g/mol. The summed E-state index contributed by atoms with van der Waals surface area (Å²) < 4.78 is 0. The number of halogens is 1. The number of benzene rings is 1. The van der Waals surface area contributed by atoms with E-state index in [4.69, 9.17) is 22.4 Å². The van der Waals surface area contributed by atoms with Crippen molar-refractivity contribution in [3.8, 4) is 0 Å². The molecule has 0 fully saturated rings. The predicted molar refractivity (Wildman–Crippen MR) is 79.2 cm³/mol. The molecule has 0 amide bonds. The van der Waals surface area contributed by atoms with E-state index in [1.807, 2.05) is 18.0 Å². The summed E-state index contributed by atoms with van der Waals surface area (Å²) in [6, 6.07) is 8.39. The Balaban J connectivity index is 2.21. The van der Waals surface area contributed by atoms with Gasteiger partial charge < -0.3 is 15.7 Å². The van der Waals surface area contributed by atoms with Crippen molar-refractivity contribution in [3.05, 3.63) is 52.7 Å². The first-order valence-corrected chi connectivity index (χ1v) is 6.29. The van der Waals surface area contributed by atoms with Crippen molar-refractivity contribution in [2.24, 2.45) is 0 Å². The summed E-state index contributed by atoms with van der Waals surface area (Å²) in [5, 5.41) is 9.43. The van der Waals surface area contributed by atoms with Crippen molar-refractivity contribution in [2.75, 3.05) is 17.7 Å². The molecule has 3 N–H and O–H groups in total. The first-order valence-electron chi connectivity index (χ1n) is 5.92. The molecule has 0 aliphatic rings. The lowest BCUT2D eigenvalue weighted by molar-refractivity contribution is 0.0696. The highest BCUT2D eigenvalue weighted by molar-refractivity contribution is 6.33. The number of carboxylic acids is 1. The van der Waals surface area contributed by atoms with Gasteiger partial charge >= 0.3 is 5.97 Å². The second-order valence-corrected chi connectivity index (χ2v) is 4.84. The molecule has 0 saturated carbocycles. The Kier molecular flexibility index (Phi) is 4.10. The fraction of sp³-hybridized carbons (Fsp3) is 0.143. The summed E-state index contributed by atoms with van der Waals surface area (Å²) in [5.41, 5.74) is 7.22. The Bertz CT molecular complexity index is 646. The minimum absolute atomic E-state index is 0.257. The number of nitrogens with two attached hydrogens (primary N) is 1. The number of carboxylic acid groups (broad SMARTS) is 1. The largest absolute Gasteiger partial charge is 0.478 e. The average molecular weight is 292 g/mol. The van der Waals surface area contributed by atoms with Crippen LogP contribution < -0.4 is 10.6 Å². The molecule has 0 aliphatic heterocycles. The lowest BCUT2D eigenvalue weighted by Gasteiger charge is -2.19. The van der Waals surface area contributed by atoms with E-state index in [1.165, 1.54) is 6.20 Å². The smallest absolute Gasteiger partial charge is 0.335 e. The molecule has 2 aromatic rings. The second kappa shape index (κ2) is 5.79. The number of hydrogen-bond donors (Lipinski definition) is 2. The highest BCUT2D eigenvalue weighted by atomic mass is 35.5. The maximum absolute atomic E-state index is 10.9. The molecule has 2 rings (SSSR count). The van der Waals surface area contributed by atoms with Crippen LogP contribution in [0.25, 0.3) is 0 Å². The Morgan fingerprint density at radius 2 is 2.20 bits per heavy atom. The van der Waals surface area contributed by atoms with Gasteiger partial charge in [-0.2, -0.15) is 0 Å². The lowest BCUT2D eigenvalue weighted by Crippen LogP contribution is -2.18. The molecule has 0 atom stereocenters. The number of hydrogen-bond acceptors (Lipinski definition) is 4. The number of aromatic carboxylic acids is 1. The fourth-order valence-electron chi connectivity index (χ4n) is 1.88. The zero-order chi connectivity index (χ0) is 14.7. The van der Waals surface area contributed by atoms with Gasteiger partial charge in [0.1, 0.15) is 5.82 Å². The molecule has 1 aromatic carbocycles. The molecule has 0 spiro atoms. The SMILES string of the molecule is CN(Cc1cccc(C(=O)O)c1)c1ncc(N)cc1Cl. The Hall–Kier alpha value is -2.27. The zero-order valence-electron chi connectivity index (χ0n) is 10.9. The van der Waals surface area contributed by atoms with Crippen LogP contribution in [0.2, 0.25) is 5.02 Å². The number of aromatic nitrogens is 1. The number of anilines is 2. The summed E-state index contributed by atoms with van der Waals surface area (Å²) in [5.74, 6) is -0.347. The van der Waals surface area contributed by atoms with Crippen molar-refractivity contribution in [3.63, 3.8) is 0 Å². The number of carbonyl (C=O) groups is 1. The lowest BCUT2D eigenvalue weighted by atomic mass is 10.1. The van der Waals surface area contributed by atoms with E-state index in [1.54, 1.807) is 24.3 Å². The maximum Gasteiger partial charge on any atom is 0.335 e. The van der Waals surface area contributed by atoms with Crippen molar-refractivity contribution < 1.29 is 9.90 Å². The van der Waals surface area contributed by atoms with Crippen LogP contribution in [0.4, 0.5) is 11.5 Å². The second-order valence-electron chi connectivity index (χ2n) is 4.44. The van der Waals surface area contributed by atoms with E-state index in [-0.39, 0.29) is 5.56 Å². The van der Waals surface area contributed by atoms with E-state index in [0.717, 1.165) is 5.56 Å². The van der Waals surface area contributed by atoms with E-state index >= 15 is 0 Å². The van der Waals surface area contributed by atoms with Crippen molar-refractivity contribution >= 4 is 29.1 Å². The molecule has 0 saturated heterocycles. The van der Waals surface area contributed by atoms with Crippen LogP contribution in [-0.4, -0.2) is 23.1 Å². The van der Waals surface area contributed by atoms with Crippen LogP contribution in [0.15, 0.2) is 36.5 Å². The quantitative estimate of drug-likeness (QED) is 0.905. The molecule has 0 unspecified atom stereocenters. The number of nitrogen functional groups attached to an aromatic ring is 1. The minimum atomic E-state index is -0.946. The Labute approximate surface area is 121 Å². The topological polar surface area (TPSA) is 79.5 Å². The van der Waals surface area contributed by atoms with Gasteiger partial charge in [-0.05, 0) is 23.8 Å². The molecule has 1 heterocycles. The fourth-order valence-corrected chi connectivity index (χ4v) is 2.20. The maximum atomic E-state index is 10.9. The van der Waals surface area contributed by atoms with Crippen LogP contribution in [0.1, 0.15) is 15.9 Å². The van der Waals surface area contributed by atoms with Gasteiger partial charge in [-0.15, -0.1) is 0 Å². The van der Waals surface area contributed by atoms with Crippen LogP contribution in [0.5, 0.6) is 0 Å². The minimum Gasteiger partial charge on any atom is -0.478 e. The van der Waals surface area contributed by atoms with E-state index in [0.29, 0.717) is 23.1 Å². The monoisotopic (exact) mass is 291 g/mol. The van der Waals surface area contributed by atoms with Crippen LogP contribution in [-0.2, 0) is 6.54 Å². The third-order valence-electron chi connectivity index (χ3n) is 2.80. The molecule has 0 radical (unpaired) electrons. The van der Waals surface area contributed by atoms with Crippen molar-refractivity contribution in [1.29, 1.82) is 0 Å². The summed E-state index contributed by atoms with van der Waals surface area (Å²) in [6.45, 7) is 0.498. The highest BCUT2D eigenvalue weighted by Crippen LogP contribution is 2.25. The number of rotatable bonds is 4. The van der Waals surface area contributed by atoms with Crippen LogP contribution in [0.3, 0.4) is 0 Å². The first kappa shape index (κ1) is 14.1. The van der Waals surface area contributed by atoms with E-state index < -0.39 is 5.97 Å². The Morgan fingerprint density at radius 1 is 1.45 bits per heavy atom. The van der Waals surface area contributed by atoms with Gasteiger partial charge in [0.2, 0.25) is 0 Å². The standard InChI is InChI=1S/C14H14ClN3O2/c1-18(13-12(15)6-11(16)7-17-13)8-9-3-2-4-10(5-9)14(19)20/h2-7H,8,16H2,1H3,(H,19,20). The van der Waals surface area contributed by atoms with Crippen molar-refractivity contribution in [1.82, 2.24) is 4.98 Å². The molecule has 0 aliphatic carbocycles. The molecule has 20 heavy (non-hydrogen) atoms. The molecule has 0 bridgehead atoms. The molecular formula is C14H14ClN3O2. The summed E-state index contributed by atoms with van der Waals surface area (Å²) in [4.78, 5) is 17.0.